The van der Waals surface area contributed by atoms with Gasteiger partial charge in [-0.25, -0.2) is 4.98 Å². The van der Waals surface area contributed by atoms with Crippen molar-refractivity contribution in [3.63, 3.8) is 0 Å². The first-order valence-corrected chi connectivity index (χ1v) is 10.6. The summed E-state index contributed by atoms with van der Waals surface area (Å²) in [5.74, 6) is -0.0434. The first-order valence-electron chi connectivity index (χ1n) is 9.39. The zero-order valence-corrected chi connectivity index (χ0v) is 19.2. The molecule has 0 aliphatic heterocycles. The number of carbonyl (C=O) groups excluding carboxylic acids is 2. The van der Waals surface area contributed by atoms with Crippen LogP contribution < -0.4 is 19.5 Å². The Labute approximate surface area is 194 Å². The first-order chi connectivity index (χ1) is 15.4. The minimum Gasteiger partial charge on any atom is -0.493 e. The third kappa shape index (κ3) is 5.68. The molecule has 8 nitrogen and oxygen atoms in total. The second-order valence-electron chi connectivity index (χ2n) is 6.41. The molecule has 2 aromatic carbocycles. The molecule has 1 N–H and O–H groups in total. The van der Waals surface area contributed by atoms with E-state index in [1.54, 1.807) is 12.1 Å². The number of methoxy groups -OCH3 is 3. The fourth-order valence-corrected chi connectivity index (χ4v) is 3.71. The Bertz CT molecular complexity index is 1080. The van der Waals surface area contributed by atoms with Gasteiger partial charge in [-0.15, -0.1) is 11.3 Å². The molecule has 1 aromatic heterocycles. The Hall–Kier alpha value is -3.30. The van der Waals surface area contributed by atoms with Gasteiger partial charge in [0, 0.05) is 21.5 Å². The number of esters is 1. The van der Waals surface area contributed by atoms with E-state index in [9.17, 15) is 9.59 Å². The number of nitrogens with one attached hydrogen (secondary N) is 1. The van der Waals surface area contributed by atoms with Crippen molar-refractivity contribution in [2.24, 2.45) is 0 Å². The lowest BCUT2D eigenvalue weighted by Crippen LogP contribution is -2.30. The van der Waals surface area contributed by atoms with Crippen LogP contribution in [0, 0.1) is 0 Å². The van der Waals surface area contributed by atoms with E-state index < -0.39 is 11.9 Å². The number of carbonyl (C=O) groups is 2. The first kappa shape index (κ1) is 23.4. The number of benzene rings is 2. The molecular weight excluding hydrogens is 456 g/mol. The van der Waals surface area contributed by atoms with E-state index in [4.69, 9.17) is 30.5 Å². The third-order valence-corrected chi connectivity index (χ3v) is 5.54. The normalized spacial score (nSPS) is 10.4. The monoisotopic (exact) mass is 476 g/mol. The van der Waals surface area contributed by atoms with Gasteiger partial charge in [0.1, 0.15) is 18.2 Å². The summed E-state index contributed by atoms with van der Waals surface area (Å²) in [6, 6.07) is 10.3. The highest BCUT2D eigenvalue weighted by molar-refractivity contribution is 7.13. The minimum absolute atomic E-state index is 0.00295. The average molecular weight is 477 g/mol. The van der Waals surface area contributed by atoms with Crippen molar-refractivity contribution in [2.75, 3.05) is 27.9 Å². The van der Waals surface area contributed by atoms with E-state index in [0.29, 0.717) is 28.0 Å². The summed E-state index contributed by atoms with van der Waals surface area (Å²) < 4.78 is 20.9. The molecule has 0 fully saturated rings. The molecule has 3 aromatic rings. The largest absolute Gasteiger partial charge is 0.493 e. The highest BCUT2D eigenvalue weighted by Crippen LogP contribution is 2.38. The lowest BCUT2D eigenvalue weighted by Gasteiger charge is -2.14. The second-order valence-corrected chi connectivity index (χ2v) is 7.70. The number of hydrogen-bond acceptors (Lipinski definition) is 8. The number of ether oxygens (including phenoxy) is 4. The number of rotatable bonds is 9. The number of amides is 1. The Morgan fingerprint density at radius 3 is 2.28 bits per heavy atom. The molecule has 32 heavy (non-hydrogen) atoms. The predicted molar refractivity (Wildman–Crippen MR) is 121 cm³/mol. The maximum atomic E-state index is 12.5. The molecule has 0 saturated heterocycles. The molecule has 0 aliphatic carbocycles. The maximum absolute atomic E-state index is 12.5. The van der Waals surface area contributed by atoms with Crippen molar-refractivity contribution >= 4 is 34.8 Å². The van der Waals surface area contributed by atoms with Gasteiger partial charge in [-0.3, -0.25) is 9.59 Å². The van der Waals surface area contributed by atoms with E-state index >= 15 is 0 Å². The van der Waals surface area contributed by atoms with Crippen molar-refractivity contribution in [1.29, 1.82) is 0 Å². The zero-order chi connectivity index (χ0) is 23.1. The topological polar surface area (TPSA) is 96.0 Å². The Kier molecular flexibility index (Phi) is 7.91. The van der Waals surface area contributed by atoms with E-state index in [1.807, 2.05) is 17.5 Å². The quantitative estimate of drug-likeness (QED) is 0.467. The van der Waals surface area contributed by atoms with Crippen LogP contribution >= 0.6 is 22.9 Å². The molecule has 0 saturated carbocycles. The number of hydrogen-bond donors (Lipinski definition) is 1. The Morgan fingerprint density at radius 1 is 1.03 bits per heavy atom. The second kappa shape index (κ2) is 10.8. The molecule has 0 radical (unpaired) electrons. The van der Waals surface area contributed by atoms with Crippen LogP contribution in [0.3, 0.4) is 0 Å². The number of nitrogens with zero attached hydrogens (tertiary/aromatic N) is 1. The lowest BCUT2D eigenvalue weighted by atomic mass is 10.1. The van der Waals surface area contributed by atoms with Crippen molar-refractivity contribution < 1.29 is 28.5 Å². The Morgan fingerprint density at radius 2 is 1.69 bits per heavy atom. The number of thiazole rings is 1. The summed E-state index contributed by atoms with van der Waals surface area (Å²) in [6.07, 6.45) is 0. The molecule has 0 aliphatic rings. The van der Waals surface area contributed by atoms with Crippen molar-refractivity contribution in [3.8, 4) is 27.8 Å². The van der Waals surface area contributed by atoms with Gasteiger partial charge < -0.3 is 24.3 Å². The van der Waals surface area contributed by atoms with Crippen LogP contribution in [0.25, 0.3) is 10.6 Å². The number of aromatic nitrogens is 1. The minimum atomic E-state index is -0.591. The van der Waals surface area contributed by atoms with Gasteiger partial charge in [-0.05, 0) is 24.3 Å². The summed E-state index contributed by atoms with van der Waals surface area (Å²) >= 11 is 7.34. The van der Waals surface area contributed by atoms with Gasteiger partial charge in [0.05, 0.1) is 27.0 Å². The van der Waals surface area contributed by atoms with Gasteiger partial charge in [0.25, 0.3) is 5.91 Å². The van der Waals surface area contributed by atoms with Gasteiger partial charge in [-0.1, -0.05) is 23.7 Å². The van der Waals surface area contributed by atoms with Gasteiger partial charge >= 0.3 is 5.97 Å². The summed E-state index contributed by atoms with van der Waals surface area (Å²) in [5.41, 5.74) is 1.79. The van der Waals surface area contributed by atoms with Crippen LogP contribution in [0.15, 0.2) is 41.8 Å². The summed E-state index contributed by atoms with van der Waals surface area (Å²) in [5, 5.41) is 5.77. The van der Waals surface area contributed by atoms with Crippen LogP contribution in [-0.2, 0) is 16.1 Å². The van der Waals surface area contributed by atoms with Crippen molar-refractivity contribution in [2.45, 2.75) is 6.61 Å². The molecule has 3 rings (SSSR count). The summed E-state index contributed by atoms with van der Waals surface area (Å²) in [6.45, 7) is -0.299. The molecule has 1 heterocycles. The molecule has 0 unspecified atom stereocenters. The fourth-order valence-electron chi connectivity index (χ4n) is 2.77. The van der Waals surface area contributed by atoms with Gasteiger partial charge in [0.2, 0.25) is 5.75 Å². The van der Waals surface area contributed by atoms with E-state index in [1.165, 1.54) is 44.8 Å². The van der Waals surface area contributed by atoms with Crippen molar-refractivity contribution in [1.82, 2.24) is 10.3 Å². The smallest absolute Gasteiger partial charge is 0.325 e. The van der Waals surface area contributed by atoms with E-state index in [2.05, 4.69) is 10.3 Å². The molecule has 168 valence electrons. The molecule has 1 amide bonds. The SMILES string of the molecule is COc1cc(C(=O)NCC(=O)OCc2csc(-c3ccc(Cl)cc3)n2)cc(OC)c1OC. The molecule has 0 bridgehead atoms. The van der Waals surface area contributed by atoms with Crippen LogP contribution in [0.5, 0.6) is 17.2 Å². The molecule has 0 spiro atoms. The van der Waals surface area contributed by atoms with Crippen LogP contribution in [0.4, 0.5) is 0 Å². The summed E-state index contributed by atoms with van der Waals surface area (Å²) in [7, 11) is 4.37. The summed E-state index contributed by atoms with van der Waals surface area (Å²) in [4.78, 5) is 29.0. The zero-order valence-electron chi connectivity index (χ0n) is 17.6. The predicted octanol–water partition coefficient (Wildman–Crippen LogP) is 3.96. The van der Waals surface area contributed by atoms with Crippen LogP contribution in [0.1, 0.15) is 16.1 Å². The fraction of sp³-hybridized carbons (Fsp3) is 0.227. The van der Waals surface area contributed by atoms with Crippen molar-refractivity contribution in [3.05, 3.63) is 58.1 Å². The van der Waals surface area contributed by atoms with Crippen LogP contribution in [0.2, 0.25) is 5.02 Å². The maximum Gasteiger partial charge on any atom is 0.325 e. The molecule has 0 atom stereocenters. The molecular formula is C22H21ClN2O6S. The van der Waals surface area contributed by atoms with Crippen LogP contribution in [-0.4, -0.2) is 44.7 Å². The highest BCUT2D eigenvalue weighted by atomic mass is 35.5. The van der Waals surface area contributed by atoms with Gasteiger partial charge in [-0.2, -0.15) is 0 Å². The number of halogens is 1. The molecule has 10 heteroatoms. The van der Waals surface area contributed by atoms with Gasteiger partial charge in [0.15, 0.2) is 11.5 Å². The highest BCUT2D eigenvalue weighted by Gasteiger charge is 2.18. The van der Waals surface area contributed by atoms with E-state index in [-0.39, 0.29) is 18.7 Å². The Balaban J connectivity index is 1.54. The third-order valence-electron chi connectivity index (χ3n) is 4.34. The standard InChI is InChI=1S/C22H21ClN2O6S/c1-28-17-8-14(9-18(29-2)20(17)30-3)21(27)24-10-19(26)31-11-16-12-32-22(25-16)13-4-6-15(23)7-5-13/h4-9,12H,10-11H2,1-3H3,(H,24,27). The van der Waals surface area contributed by atoms with E-state index in [0.717, 1.165) is 10.6 Å². The average Bonchev–Trinajstić information content (AvgIpc) is 3.29. The lowest BCUT2D eigenvalue weighted by molar-refractivity contribution is -0.143.